The Morgan fingerprint density at radius 2 is 2.30 bits per heavy atom. The highest BCUT2D eigenvalue weighted by Gasteiger charge is 2.27. The summed E-state index contributed by atoms with van der Waals surface area (Å²) in [6.07, 6.45) is 1.22. The molecule has 1 aromatic rings. The van der Waals surface area contributed by atoms with Crippen molar-refractivity contribution in [1.82, 2.24) is 0 Å². The number of rotatable bonds is 4. The van der Waals surface area contributed by atoms with Gasteiger partial charge in [0, 0.05) is 43.9 Å². The van der Waals surface area contributed by atoms with Crippen LogP contribution in [-0.4, -0.2) is 31.2 Å². The molecule has 0 spiro atoms. The number of non-ortho nitro benzene ring substituents is 1. The van der Waals surface area contributed by atoms with Gasteiger partial charge in [0.25, 0.3) is 5.69 Å². The highest BCUT2D eigenvalue weighted by Crippen LogP contribution is 2.30. The fourth-order valence-corrected chi connectivity index (χ4v) is 2.87. The van der Waals surface area contributed by atoms with Crippen molar-refractivity contribution >= 4 is 23.0 Å². The Morgan fingerprint density at radius 3 is 2.90 bits per heavy atom. The number of hydrogen-bond acceptors (Lipinski definition) is 4. The highest BCUT2D eigenvalue weighted by atomic mass is 35.5. The van der Waals surface area contributed by atoms with E-state index < -0.39 is 4.92 Å². The third-order valence-electron chi connectivity index (χ3n) is 3.95. The summed E-state index contributed by atoms with van der Waals surface area (Å²) >= 11 is 5.95. The molecule has 1 saturated heterocycles. The van der Waals surface area contributed by atoms with Gasteiger partial charge < -0.3 is 9.64 Å². The van der Waals surface area contributed by atoms with Crippen LogP contribution in [0, 0.1) is 16.0 Å². The van der Waals surface area contributed by atoms with Crippen LogP contribution in [0.5, 0.6) is 0 Å². The number of alkyl halides is 1. The molecule has 1 aliphatic rings. The monoisotopic (exact) mass is 298 g/mol. The largest absolute Gasteiger partial charge is 0.379 e. The number of nitro benzene ring substituents is 1. The maximum absolute atomic E-state index is 10.8. The number of piperidine rings is 1. The first-order valence-electron chi connectivity index (χ1n) is 6.67. The average Bonchev–Trinajstić information content (AvgIpc) is 2.47. The van der Waals surface area contributed by atoms with Crippen LogP contribution in [0.2, 0.25) is 0 Å². The minimum absolute atomic E-state index is 0.0815. The molecule has 2 atom stereocenters. The van der Waals surface area contributed by atoms with Gasteiger partial charge >= 0.3 is 0 Å². The number of benzene rings is 1. The first-order chi connectivity index (χ1) is 9.56. The van der Waals surface area contributed by atoms with Crippen molar-refractivity contribution in [2.45, 2.75) is 25.3 Å². The van der Waals surface area contributed by atoms with Gasteiger partial charge in [-0.25, -0.2) is 0 Å². The van der Waals surface area contributed by atoms with E-state index in [9.17, 15) is 10.1 Å². The summed E-state index contributed by atoms with van der Waals surface area (Å²) in [5.74, 6) is 0.787. The number of hydrogen-bond donors (Lipinski definition) is 0. The van der Waals surface area contributed by atoms with Crippen molar-refractivity contribution in [1.29, 1.82) is 0 Å². The van der Waals surface area contributed by atoms with E-state index >= 15 is 0 Å². The summed E-state index contributed by atoms with van der Waals surface area (Å²) in [6.45, 7) is 3.89. The van der Waals surface area contributed by atoms with Gasteiger partial charge in [0.2, 0.25) is 0 Å². The molecule has 0 bridgehead atoms. The second kappa shape index (κ2) is 6.41. The fourth-order valence-electron chi connectivity index (χ4n) is 2.66. The minimum Gasteiger partial charge on any atom is -0.379 e. The second-order valence-corrected chi connectivity index (χ2v) is 5.46. The Kier molecular flexibility index (Phi) is 4.83. The molecule has 20 heavy (non-hydrogen) atoms. The van der Waals surface area contributed by atoms with Gasteiger partial charge in [-0.3, -0.25) is 10.1 Å². The summed E-state index contributed by atoms with van der Waals surface area (Å²) < 4.78 is 5.51. The van der Waals surface area contributed by atoms with E-state index in [2.05, 4.69) is 11.8 Å². The first-order valence-corrected chi connectivity index (χ1v) is 7.21. The van der Waals surface area contributed by atoms with Crippen molar-refractivity contribution < 1.29 is 9.66 Å². The predicted molar refractivity (Wildman–Crippen MR) is 79.4 cm³/mol. The zero-order chi connectivity index (χ0) is 14.7. The van der Waals surface area contributed by atoms with Gasteiger partial charge in [-0.1, -0.05) is 6.92 Å². The zero-order valence-electron chi connectivity index (χ0n) is 11.7. The molecule has 0 N–H and O–H groups in total. The molecule has 2 rings (SSSR count). The molecule has 0 aliphatic carbocycles. The zero-order valence-corrected chi connectivity index (χ0v) is 12.5. The van der Waals surface area contributed by atoms with Crippen LogP contribution >= 0.6 is 11.6 Å². The molecule has 0 saturated carbocycles. The number of ether oxygens (including phenoxy) is 1. The third-order valence-corrected chi connectivity index (χ3v) is 4.24. The molecule has 0 amide bonds. The second-order valence-electron chi connectivity index (χ2n) is 5.19. The topological polar surface area (TPSA) is 55.6 Å². The lowest BCUT2D eigenvalue weighted by Gasteiger charge is -2.38. The van der Waals surface area contributed by atoms with Gasteiger partial charge in [0.15, 0.2) is 0 Å². The van der Waals surface area contributed by atoms with Crippen molar-refractivity contribution in [3.05, 3.63) is 33.9 Å². The van der Waals surface area contributed by atoms with E-state index in [0.29, 0.717) is 5.92 Å². The molecule has 6 heteroatoms. The SMILES string of the molecule is COC1CN(c2ccc([N+](=O)[O-])cc2CCl)CCC1C. The molecule has 0 aromatic heterocycles. The molecule has 5 nitrogen and oxygen atoms in total. The molecule has 1 aromatic carbocycles. The molecule has 0 radical (unpaired) electrons. The normalized spacial score (nSPS) is 22.9. The maximum Gasteiger partial charge on any atom is 0.269 e. The van der Waals surface area contributed by atoms with Gasteiger partial charge in [-0.05, 0) is 24.0 Å². The third kappa shape index (κ3) is 3.04. The molecule has 1 aliphatic heterocycles. The quantitative estimate of drug-likeness (QED) is 0.486. The average molecular weight is 299 g/mol. The van der Waals surface area contributed by atoms with Gasteiger partial charge in [-0.2, -0.15) is 0 Å². The van der Waals surface area contributed by atoms with Crippen LogP contribution in [0.1, 0.15) is 18.9 Å². The number of methoxy groups -OCH3 is 1. The lowest BCUT2D eigenvalue weighted by molar-refractivity contribution is -0.384. The predicted octanol–water partition coefficient (Wildman–Crippen LogP) is 3.19. The Labute approximate surface area is 123 Å². The summed E-state index contributed by atoms with van der Waals surface area (Å²) in [5, 5.41) is 10.8. The van der Waals surface area contributed by atoms with Gasteiger partial charge in [0.1, 0.15) is 0 Å². The van der Waals surface area contributed by atoms with Crippen molar-refractivity contribution in [3.63, 3.8) is 0 Å². The summed E-state index contributed by atoms with van der Waals surface area (Å²) in [5.41, 5.74) is 1.85. The van der Waals surface area contributed by atoms with Crippen molar-refractivity contribution in [3.8, 4) is 0 Å². The summed E-state index contributed by atoms with van der Waals surface area (Å²) in [6, 6.07) is 4.88. The van der Waals surface area contributed by atoms with E-state index in [1.54, 1.807) is 19.2 Å². The Balaban J connectivity index is 2.26. The maximum atomic E-state index is 10.8. The van der Waals surface area contributed by atoms with Crippen LogP contribution in [0.25, 0.3) is 0 Å². The molecule has 1 heterocycles. The standard InChI is InChI=1S/C14H19ClN2O3/c1-10-5-6-16(9-14(10)20-2)13-4-3-12(17(18)19)7-11(13)8-15/h3-4,7,10,14H,5-6,8-9H2,1-2H3. The molecule has 110 valence electrons. The lowest BCUT2D eigenvalue weighted by Crippen LogP contribution is -2.44. The Morgan fingerprint density at radius 1 is 1.55 bits per heavy atom. The van der Waals surface area contributed by atoms with E-state index in [1.807, 2.05) is 0 Å². The summed E-state index contributed by atoms with van der Waals surface area (Å²) in [7, 11) is 1.73. The number of nitro groups is 1. The van der Waals surface area contributed by atoms with Crippen LogP contribution < -0.4 is 4.90 Å². The highest BCUT2D eigenvalue weighted by molar-refractivity contribution is 6.17. The minimum atomic E-state index is -0.393. The van der Waals surface area contributed by atoms with Crippen LogP contribution in [0.3, 0.4) is 0 Å². The molecule has 1 fully saturated rings. The smallest absolute Gasteiger partial charge is 0.269 e. The Hall–Kier alpha value is -1.33. The summed E-state index contributed by atoms with van der Waals surface area (Å²) in [4.78, 5) is 12.6. The van der Waals surface area contributed by atoms with Crippen LogP contribution in [0.4, 0.5) is 11.4 Å². The van der Waals surface area contributed by atoms with E-state index in [-0.39, 0.29) is 17.7 Å². The van der Waals surface area contributed by atoms with E-state index in [4.69, 9.17) is 16.3 Å². The number of nitrogens with zero attached hydrogens (tertiary/aromatic N) is 2. The van der Waals surface area contributed by atoms with Crippen molar-refractivity contribution in [2.75, 3.05) is 25.1 Å². The van der Waals surface area contributed by atoms with E-state index in [1.165, 1.54) is 6.07 Å². The van der Waals surface area contributed by atoms with Crippen LogP contribution in [-0.2, 0) is 10.6 Å². The van der Waals surface area contributed by atoms with Gasteiger partial charge in [0.05, 0.1) is 11.0 Å². The number of halogens is 1. The lowest BCUT2D eigenvalue weighted by atomic mass is 9.95. The fraction of sp³-hybridized carbons (Fsp3) is 0.571. The first kappa shape index (κ1) is 15.1. The molecule has 2 unspecified atom stereocenters. The van der Waals surface area contributed by atoms with Crippen LogP contribution in [0.15, 0.2) is 18.2 Å². The van der Waals surface area contributed by atoms with Crippen molar-refractivity contribution in [2.24, 2.45) is 5.92 Å². The molecular formula is C14H19ClN2O3. The molecular weight excluding hydrogens is 280 g/mol. The van der Waals surface area contributed by atoms with E-state index in [0.717, 1.165) is 30.8 Å². The Bertz CT molecular complexity index is 495. The number of anilines is 1. The van der Waals surface area contributed by atoms with Gasteiger partial charge in [-0.15, -0.1) is 11.6 Å².